The minimum absolute atomic E-state index is 0.250. The quantitative estimate of drug-likeness (QED) is 0.575. The fourth-order valence-corrected chi connectivity index (χ4v) is 3.39. The Morgan fingerprint density at radius 2 is 1.94 bits per heavy atom. The van der Waals surface area contributed by atoms with Gasteiger partial charge in [0.15, 0.2) is 0 Å². The number of nitrogens with zero attached hydrogens (tertiary/aromatic N) is 1. The molecule has 31 heavy (non-hydrogen) atoms. The van der Waals surface area contributed by atoms with Crippen molar-refractivity contribution in [2.75, 3.05) is 21.3 Å². The van der Waals surface area contributed by atoms with Crippen LogP contribution in [0.2, 0.25) is 0 Å². The van der Waals surface area contributed by atoms with Crippen molar-refractivity contribution >= 4 is 23.6 Å². The summed E-state index contributed by atoms with van der Waals surface area (Å²) >= 11 is 0. The molecular weight excluding hydrogens is 397 g/mol. The topological polar surface area (TPSA) is 76.2 Å². The standard InChI is InChI=1S/C24H24FN3O3/c1-6-19-17(12-14(2)22-18(25)8-7-9-20(22)30-4)23(28-27-19)15-10-11-16(24(29)26-3)21(13-15)31-5/h6-13H,1H2,2-5H3,(H,26,29)(H,27,28)/b14-12+. The molecule has 0 atom stereocenters. The summed E-state index contributed by atoms with van der Waals surface area (Å²) < 4.78 is 25.3. The molecule has 0 saturated heterocycles. The van der Waals surface area contributed by atoms with Crippen molar-refractivity contribution in [3.63, 3.8) is 0 Å². The van der Waals surface area contributed by atoms with Gasteiger partial charge >= 0.3 is 0 Å². The molecule has 0 unspecified atom stereocenters. The summed E-state index contributed by atoms with van der Waals surface area (Å²) in [7, 11) is 4.56. The lowest BCUT2D eigenvalue weighted by atomic mass is 9.98. The van der Waals surface area contributed by atoms with E-state index in [2.05, 4.69) is 22.1 Å². The molecule has 0 fully saturated rings. The van der Waals surface area contributed by atoms with Crippen molar-refractivity contribution in [2.24, 2.45) is 0 Å². The van der Waals surface area contributed by atoms with Crippen LogP contribution in [-0.2, 0) is 0 Å². The maximum Gasteiger partial charge on any atom is 0.254 e. The lowest BCUT2D eigenvalue weighted by molar-refractivity contribution is 0.0960. The average Bonchev–Trinajstić information content (AvgIpc) is 3.19. The molecule has 0 saturated carbocycles. The Labute approximate surface area is 180 Å². The Balaban J connectivity index is 2.16. The first-order valence-electron chi connectivity index (χ1n) is 9.57. The van der Waals surface area contributed by atoms with Gasteiger partial charge in [-0.05, 0) is 48.9 Å². The van der Waals surface area contributed by atoms with E-state index in [0.29, 0.717) is 39.6 Å². The van der Waals surface area contributed by atoms with Gasteiger partial charge in [-0.25, -0.2) is 4.39 Å². The average molecular weight is 421 g/mol. The van der Waals surface area contributed by atoms with Gasteiger partial charge in [-0.1, -0.05) is 18.7 Å². The molecule has 6 nitrogen and oxygen atoms in total. The Hall–Kier alpha value is -3.87. The predicted molar refractivity (Wildman–Crippen MR) is 121 cm³/mol. The van der Waals surface area contributed by atoms with E-state index in [1.165, 1.54) is 20.3 Å². The second-order valence-corrected chi connectivity index (χ2v) is 6.74. The van der Waals surface area contributed by atoms with Crippen molar-refractivity contribution in [1.29, 1.82) is 0 Å². The monoisotopic (exact) mass is 421 g/mol. The highest BCUT2D eigenvalue weighted by atomic mass is 19.1. The maximum absolute atomic E-state index is 14.6. The molecule has 1 amide bonds. The van der Waals surface area contributed by atoms with Crippen molar-refractivity contribution in [3.05, 3.63) is 71.2 Å². The lowest BCUT2D eigenvalue weighted by Gasteiger charge is -2.11. The Morgan fingerprint density at radius 1 is 1.19 bits per heavy atom. The number of rotatable bonds is 7. The van der Waals surface area contributed by atoms with Gasteiger partial charge in [0.05, 0.1) is 31.0 Å². The van der Waals surface area contributed by atoms with E-state index in [1.807, 2.05) is 6.08 Å². The number of nitrogens with one attached hydrogen (secondary N) is 2. The summed E-state index contributed by atoms with van der Waals surface area (Å²) in [6.07, 6.45) is 3.47. The predicted octanol–water partition coefficient (Wildman–Crippen LogP) is 4.80. The molecule has 2 N–H and O–H groups in total. The van der Waals surface area contributed by atoms with Crippen LogP contribution in [-0.4, -0.2) is 37.4 Å². The summed E-state index contributed by atoms with van der Waals surface area (Å²) in [4.78, 5) is 12.1. The largest absolute Gasteiger partial charge is 0.496 e. The summed E-state index contributed by atoms with van der Waals surface area (Å²) in [6, 6.07) is 9.90. The SMILES string of the molecule is C=Cc1[nH]nc(-c2ccc(C(=O)NC)c(OC)c2)c1/C=C(\C)c1c(F)cccc1OC. The molecule has 0 aliphatic rings. The first kappa shape index (κ1) is 21.8. The highest BCUT2D eigenvalue weighted by Gasteiger charge is 2.18. The summed E-state index contributed by atoms with van der Waals surface area (Å²) in [6.45, 7) is 5.64. The number of halogens is 1. The number of allylic oxidation sites excluding steroid dienone is 1. The van der Waals surface area contributed by atoms with Crippen LogP contribution in [0.1, 0.15) is 34.1 Å². The number of aromatic nitrogens is 2. The molecule has 0 aliphatic carbocycles. The molecule has 7 heteroatoms. The van der Waals surface area contributed by atoms with Crippen molar-refractivity contribution < 1.29 is 18.7 Å². The molecular formula is C24H24FN3O3. The molecule has 3 rings (SSSR count). The Kier molecular flexibility index (Phi) is 6.55. The van der Waals surface area contributed by atoms with Gasteiger partial charge in [0.2, 0.25) is 0 Å². The van der Waals surface area contributed by atoms with E-state index in [9.17, 15) is 9.18 Å². The number of amides is 1. The van der Waals surface area contributed by atoms with Crippen LogP contribution in [0.3, 0.4) is 0 Å². The van der Waals surface area contributed by atoms with E-state index in [0.717, 1.165) is 11.1 Å². The van der Waals surface area contributed by atoms with Gasteiger partial charge in [0.1, 0.15) is 23.0 Å². The minimum atomic E-state index is -0.380. The van der Waals surface area contributed by atoms with Gasteiger partial charge in [-0.2, -0.15) is 5.10 Å². The number of hydrogen-bond donors (Lipinski definition) is 2. The van der Waals surface area contributed by atoms with Gasteiger partial charge in [0, 0.05) is 18.2 Å². The van der Waals surface area contributed by atoms with Crippen LogP contribution in [0.15, 0.2) is 43.0 Å². The molecule has 1 heterocycles. The number of hydrogen-bond acceptors (Lipinski definition) is 4. The van der Waals surface area contributed by atoms with E-state index < -0.39 is 0 Å². The van der Waals surface area contributed by atoms with Crippen molar-refractivity contribution in [1.82, 2.24) is 15.5 Å². The van der Waals surface area contributed by atoms with Crippen LogP contribution in [0.25, 0.3) is 29.0 Å². The third kappa shape index (κ3) is 4.21. The Morgan fingerprint density at radius 3 is 2.58 bits per heavy atom. The van der Waals surface area contributed by atoms with Crippen LogP contribution >= 0.6 is 0 Å². The number of carbonyl (C=O) groups excluding carboxylic acids is 1. The van der Waals surface area contributed by atoms with E-state index in [4.69, 9.17) is 9.47 Å². The first-order chi connectivity index (χ1) is 14.9. The maximum atomic E-state index is 14.6. The normalized spacial score (nSPS) is 11.2. The molecule has 0 aliphatic heterocycles. The molecule has 160 valence electrons. The zero-order chi connectivity index (χ0) is 22.5. The van der Waals surface area contributed by atoms with E-state index in [1.54, 1.807) is 50.4 Å². The zero-order valence-corrected chi connectivity index (χ0v) is 17.9. The summed E-state index contributed by atoms with van der Waals surface area (Å²) in [5.74, 6) is 0.229. The van der Waals surface area contributed by atoms with Crippen LogP contribution in [0.4, 0.5) is 4.39 Å². The van der Waals surface area contributed by atoms with Crippen LogP contribution in [0, 0.1) is 5.82 Å². The van der Waals surface area contributed by atoms with Crippen molar-refractivity contribution in [2.45, 2.75) is 6.92 Å². The molecule has 1 aromatic heterocycles. The van der Waals surface area contributed by atoms with Gasteiger partial charge in [-0.3, -0.25) is 9.89 Å². The number of methoxy groups -OCH3 is 2. The lowest BCUT2D eigenvalue weighted by Crippen LogP contribution is -2.18. The zero-order valence-electron chi connectivity index (χ0n) is 17.9. The highest BCUT2D eigenvalue weighted by Crippen LogP contribution is 2.34. The van der Waals surface area contributed by atoms with E-state index >= 15 is 0 Å². The summed E-state index contributed by atoms with van der Waals surface area (Å²) in [5.41, 5.74) is 4.21. The molecule has 2 aromatic carbocycles. The van der Waals surface area contributed by atoms with Crippen LogP contribution < -0.4 is 14.8 Å². The molecule has 0 radical (unpaired) electrons. The molecule has 0 spiro atoms. The highest BCUT2D eigenvalue weighted by molar-refractivity contribution is 5.98. The smallest absolute Gasteiger partial charge is 0.254 e. The number of benzene rings is 2. The third-order valence-electron chi connectivity index (χ3n) is 4.93. The number of H-pyrrole nitrogens is 1. The van der Waals surface area contributed by atoms with Gasteiger partial charge in [-0.15, -0.1) is 0 Å². The third-order valence-corrected chi connectivity index (χ3v) is 4.93. The van der Waals surface area contributed by atoms with Crippen LogP contribution in [0.5, 0.6) is 11.5 Å². The second-order valence-electron chi connectivity index (χ2n) is 6.74. The molecule has 3 aromatic rings. The minimum Gasteiger partial charge on any atom is -0.496 e. The van der Waals surface area contributed by atoms with Gasteiger partial charge in [0.25, 0.3) is 5.91 Å². The van der Waals surface area contributed by atoms with Crippen molar-refractivity contribution in [3.8, 4) is 22.8 Å². The number of carbonyl (C=O) groups is 1. The first-order valence-corrected chi connectivity index (χ1v) is 9.57. The number of ether oxygens (including phenoxy) is 2. The number of aromatic amines is 1. The van der Waals surface area contributed by atoms with Gasteiger partial charge < -0.3 is 14.8 Å². The second kappa shape index (κ2) is 9.30. The molecule has 0 bridgehead atoms. The fraction of sp³-hybridized carbons (Fsp3) is 0.167. The van der Waals surface area contributed by atoms with E-state index in [-0.39, 0.29) is 11.7 Å². The Bertz CT molecular complexity index is 1160. The fourth-order valence-electron chi connectivity index (χ4n) is 3.39. The summed E-state index contributed by atoms with van der Waals surface area (Å²) in [5, 5.41) is 9.96.